The maximum Gasteiger partial charge on any atom is 0.408 e. The minimum Gasteiger partial charge on any atom is -0.508 e. The molecule has 0 bridgehead atoms. The second-order valence-corrected chi connectivity index (χ2v) is 11.5. The molecule has 3 atom stereocenters. The Bertz CT molecular complexity index is 1260. The molecule has 0 saturated heterocycles. The van der Waals surface area contributed by atoms with Crippen molar-refractivity contribution in [3.05, 3.63) is 65.7 Å². The van der Waals surface area contributed by atoms with E-state index in [1.807, 2.05) is 18.2 Å². The van der Waals surface area contributed by atoms with Gasteiger partial charge in [0.05, 0.1) is 0 Å². The van der Waals surface area contributed by atoms with Crippen LogP contribution in [0, 0.1) is 12.5 Å². The molecule has 0 aliphatic rings. The minimum atomic E-state index is -1.42. The molecule has 0 spiro atoms. The molecule has 220 valence electrons. The Hall–Kier alpha value is -4.52. The third-order valence-electron chi connectivity index (χ3n) is 5.49. The number of benzene rings is 2. The summed E-state index contributed by atoms with van der Waals surface area (Å²) in [6, 6.07) is 13.1. The zero-order valence-corrected chi connectivity index (χ0v) is 24.6. The van der Waals surface area contributed by atoms with Gasteiger partial charge in [-0.3, -0.25) is 14.5 Å². The highest BCUT2D eigenvalue weighted by Gasteiger charge is 2.37. The van der Waals surface area contributed by atoms with Gasteiger partial charge < -0.3 is 25.2 Å². The van der Waals surface area contributed by atoms with Gasteiger partial charge in [0, 0.05) is 12.5 Å². The zero-order valence-electron chi connectivity index (χ0n) is 24.6. The Balaban J connectivity index is 2.43. The van der Waals surface area contributed by atoms with Crippen molar-refractivity contribution in [3.8, 4) is 18.2 Å². The van der Waals surface area contributed by atoms with E-state index in [0.29, 0.717) is 0 Å². The van der Waals surface area contributed by atoms with Crippen molar-refractivity contribution < 1.29 is 33.8 Å². The zero-order chi connectivity index (χ0) is 31.0. The van der Waals surface area contributed by atoms with Crippen LogP contribution in [0.4, 0.5) is 4.79 Å². The van der Waals surface area contributed by atoms with Crippen LogP contribution in [0.2, 0.25) is 0 Å². The number of phenols is 1. The van der Waals surface area contributed by atoms with Crippen molar-refractivity contribution in [2.75, 3.05) is 0 Å². The highest BCUT2D eigenvalue weighted by atomic mass is 16.6. The van der Waals surface area contributed by atoms with Crippen LogP contribution in [0.1, 0.15) is 65.6 Å². The van der Waals surface area contributed by atoms with E-state index in [2.05, 4.69) is 16.7 Å². The minimum absolute atomic E-state index is 0.0674. The SMILES string of the molecule is C#CN(C(=O)C(C)NC(=O)OC(C)(C)C)C(C(=O)NC(Cc1ccccc1)C(=O)OC(C)(C)C)c1ccc(O)cc1. The number of esters is 1. The van der Waals surface area contributed by atoms with Gasteiger partial charge in [-0.1, -0.05) is 48.9 Å². The molecule has 3 unspecified atom stereocenters. The van der Waals surface area contributed by atoms with Crippen LogP contribution < -0.4 is 10.6 Å². The van der Waals surface area contributed by atoms with Crippen molar-refractivity contribution in [3.63, 3.8) is 0 Å². The molecule has 3 N–H and O–H groups in total. The van der Waals surface area contributed by atoms with Crippen LogP contribution >= 0.6 is 0 Å². The molecule has 2 rings (SSSR count). The Kier molecular flexibility index (Phi) is 10.9. The summed E-state index contributed by atoms with van der Waals surface area (Å²) >= 11 is 0. The van der Waals surface area contributed by atoms with E-state index in [-0.39, 0.29) is 17.7 Å². The van der Waals surface area contributed by atoms with Gasteiger partial charge in [-0.15, -0.1) is 0 Å². The number of phenolic OH excluding ortho intramolecular Hbond substituents is 1. The molecule has 0 aliphatic heterocycles. The summed E-state index contributed by atoms with van der Waals surface area (Å²) in [5.41, 5.74) is -0.595. The van der Waals surface area contributed by atoms with E-state index in [9.17, 15) is 24.3 Å². The van der Waals surface area contributed by atoms with Gasteiger partial charge >= 0.3 is 12.1 Å². The van der Waals surface area contributed by atoms with E-state index in [1.165, 1.54) is 31.2 Å². The Morgan fingerprint density at radius 2 is 1.46 bits per heavy atom. The number of alkyl carbamates (subject to hydrolysis) is 1. The fourth-order valence-electron chi connectivity index (χ4n) is 3.76. The van der Waals surface area contributed by atoms with Crippen molar-refractivity contribution in [2.45, 2.75) is 84.2 Å². The van der Waals surface area contributed by atoms with Gasteiger partial charge in [0.1, 0.15) is 35.1 Å². The number of ether oxygens (including phenoxy) is 2. The summed E-state index contributed by atoms with van der Waals surface area (Å²) in [4.78, 5) is 53.6. The third-order valence-corrected chi connectivity index (χ3v) is 5.49. The lowest BCUT2D eigenvalue weighted by molar-refractivity contribution is -0.159. The van der Waals surface area contributed by atoms with Gasteiger partial charge in [-0.05, 0) is 71.7 Å². The van der Waals surface area contributed by atoms with Crippen LogP contribution in [0.25, 0.3) is 0 Å². The highest BCUT2D eigenvalue weighted by Crippen LogP contribution is 2.25. The molecule has 41 heavy (non-hydrogen) atoms. The highest BCUT2D eigenvalue weighted by molar-refractivity contribution is 5.94. The quantitative estimate of drug-likeness (QED) is 0.239. The lowest BCUT2D eigenvalue weighted by atomic mass is 10.0. The lowest BCUT2D eigenvalue weighted by Gasteiger charge is -2.31. The number of carbonyl (C=O) groups excluding carboxylic acids is 4. The van der Waals surface area contributed by atoms with Crippen molar-refractivity contribution in [2.24, 2.45) is 0 Å². The van der Waals surface area contributed by atoms with Crippen molar-refractivity contribution in [1.29, 1.82) is 0 Å². The molecular formula is C31H39N3O7. The number of amides is 3. The number of hydrogen-bond acceptors (Lipinski definition) is 7. The lowest BCUT2D eigenvalue weighted by Crippen LogP contribution is -2.53. The maximum absolute atomic E-state index is 13.9. The largest absolute Gasteiger partial charge is 0.508 e. The number of rotatable bonds is 9. The van der Waals surface area contributed by atoms with Gasteiger partial charge in [-0.2, -0.15) is 0 Å². The van der Waals surface area contributed by atoms with E-state index < -0.39 is 53.2 Å². The topological polar surface area (TPSA) is 134 Å². The van der Waals surface area contributed by atoms with Gasteiger partial charge in [0.25, 0.3) is 5.91 Å². The van der Waals surface area contributed by atoms with E-state index in [0.717, 1.165) is 10.5 Å². The van der Waals surface area contributed by atoms with Crippen LogP contribution in [-0.4, -0.2) is 57.2 Å². The monoisotopic (exact) mass is 565 g/mol. The summed E-state index contributed by atoms with van der Waals surface area (Å²) < 4.78 is 10.8. The first-order valence-electron chi connectivity index (χ1n) is 13.2. The summed E-state index contributed by atoms with van der Waals surface area (Å²) in [6.45, 7) is 11.6. The first kappa shape index (κ1) is 32.7. The number of carbonyl (C=O) groups is 4. The van der Waals surface area contributed by atoms with E-state index in [4.69, 9.17) is 15.9 Å². The second kappa shape index (κ2) is 13.7. The number of aromatic hydroxyl groups is 1. The van der Waals surface area contributed by atoms with Crippen LogP contribution in [0.15, 0.2) is 54.6 Å². The standard InChI is InChI=1S/C31H39N3O7/c1-9-34(27(37)20(2)32-29(39)41-31(6,7)8)25(22-15-17-23(35)18-16-22)26(36)33-24(28(38)40-30(3,4)5)19-21-13-11-10-12-14-21/h1,10-18,20,24-25,35H,19H2,2-8H3,(H,32,39)(H,33,36). The summed E-state index contributed by atoms with van der Waals surface area (Å²) in [6.07, 6.45) is 5.01. The van der Waals surface area contributed by atoms with Crippen LogP contribution in [0.5, 0.6) is 5.75 Å². The third kappa shape index (κ3) is 10.5. The number of hydrogen-bond donors (Lipinski definition) is 3. The number of nitrogens with zero attached hydrogens (tertiary/aromatic N) is 1. The first-order chi connectivity index (χ1) is 19.0. The van der Waals surface area contributed by atoms with E-state index in [1.54, 1.807) is 53.7 Å². The molecular weight excluding hydrogens is 526 g/mol. The normalized spacial score (nSPS) is 13.5. The molecule has 0 saturated carbocycles. The van der Waals surface area contributed by atoms with Gasteiger partial charge in [0.2, 0.25) is 5.91 Å². The van der Waals surface area contributed by atoms with Gasteiger partial charge in [-0.25, -0.2) is 9.59 Å². The predicted molar refractivity (Wildman–Crippen MR) is 153 cm³/mol. The van der Waals surface area contributed by atoms with E-state index >= 15 is 0 Å². The fourth-order valence-corrected chi connectivity index (χ4v) is 3.76. The average molecular weight is 566 g/mol. The molecule has 2 aromatic rings. The maximum atomic E-state index is 13.9. The Morgan fingerprint density at radius 3 is 1.98 bits per heavy atom. The van der Waals surface area contributed by atoms with Crippen molar-refractivity contribution in [1.82, 2.24) is 15.5 Å². The van der Waals surface area contributed by atoms with Crippen molar-refractivity contribution >= 4 is 23.9 Å². The average Bonchev–Trinajstić information content (AvgIpc) is 2.85. The molecule has 0 aliphatic carbocycles. The van der Waals surface area contributed by atoms with Crippen LogP contribution in [0.3, 0.4) is 0 Å². The molecule has 0 fully saturated rings. The number of terminal acetylenes is 1. The van der Waals surface area contributed by atoms with Gasteiger partial charge in [0.15, 0.2) is 0 Å². The molecule has 0 heterocycles. The second-order valence-electron chi connectivity index (χ2n) is 11.5. The molecule has 0 aromatic heterocycles. The smallest absolute Gasteiger partial charge is 0.408 e. The summed E-state index contributed by atoms with van der Waals surface area (Å²) in [5.74, 6) is -2.28. The summed E-state index contributed by atoms with van der Waals surface area (Å²) in [5, 5.41) is 14.9. The molecule has 10 nitrogen and oxygen atoms in total. The molecule has 0 radical (unpaired) electrons. The van der Waals surface area contributed by atoms with Crippen LogP contribution in [-0.2, 0) is 30.3 Å². The summed E-state index contributed by atoms with van der Waals surface area (Å²) in [7, 11) is 0. The molecule has 10 heteroatoms. The molecule has 3 amide bonds. The Morgan fingerprint density at radius 1 is 0.902 bits per heavy atom. The fraction of sp³-hybridized carbons (Fsp3) is 0.419. The molecule has 2 aromatic carbocycles. The number of nitrogens with one attached hydrogen (secondary N) is 2. The first-order valence-corrected chi connectivity index (χ1v) is 13.2. The Labute approximate surface area is 241 Å². The predicted octanol–water partition coefficient (Wildman–Crippen LogP) is 3.84.